The lowest BCUT2D eigenvalue weighted by Crippen LogP contribution is -2.15. The van der Waals surface area contributed by atoms with Crippen LogP contribution in [0.1, 0.15) is 18.3 Å². The summed E-state index contributed by atoms with van der Waals surface area (Å²) in [4.78, 5) is 0. The normalized spacial score (nSPS) is 12.5. The largest absolute Gasteiger partial charge is 0.417 e. The van der Waals surface area contributed by atoms with Crippen LogP contribution in [0.5, 0.6) is 0 Å². The summed E-state index contributed by atoms with van der Waals surface area (Å²) in [7, 11) is -3.65. The lowest BCUT2D eigenvalue weighted by atomic mass is 10.0. The Hall–Kier alpha value is -2.62. The first-order valence-electron chi connectivity index (χ1n) is 7.65. The van der Waals surface area contributed by atoms with Crippen LogP contribution >= 0.6 is 0 Å². The number of nitrogens with zero attached hydrogens (tertiary/aromatic N) is 3. The summed E-state index contributed by atoms with van der Waals surface area (Å²) in [5.74, 6) is 0.235. The summed E-state index contributed by atoms with van der Waals surface area (Å²) in [6.45, 7) is 3.08. The highest BCUT2D eigenvalue weighted by Gasteiger charge is 2.33. The van der Waals surface area contributed by atoms with Crippen molar-refractivity contribution in [2.75, 3.05) is 10.5 Å². The summed E-state index contributed by atoms with van der Waals surface area (Å²) in [5.41, 5.74) is -0.391. The number of pyridine rings is 1. The minimum Gasteiger partial charge on any atom is -0.284 e. The van der Waals surface area contributed by atoms with E-state index in [1.807, 2.05) is 0 Å². The first-order valence-corrected chi connectivity index (χ1v) is 9.30. The highest BCUT2D eigenvalue weighted by Crippen LogP contribution is 2.38. The molecule has 0 saturated heterocycles. The molecule has 0 atom stereocenters. The van der Waals surface area contributed by atoms with Gasteiger partial charge in [-0.05, 0) is 31.5 Å². The number of nitrogens with one attached hydrogen (secondary N) is 1. The molecule has 6 nitrogen and oxygen atoms in total. The number of benzene rings is 1. The zero-order chi connectivity index (χ0) is 19.1. The molecule has 0 amide bonds. The van der Waals surface area contributed by atoms with Crippen molar-refractivity contribution >= 4 is 21.4 Å². The highest BCUT2D eigenvalue weighted by atomic mass is 32.2. The Morgan fingerprint density at radius 3 is 2.54 bits per heavy atom. The molecule has 1 aromatic carbocycles. The van der Waals surface area contributed by atoms with Gasteiger partial charge in [0.25, 0.3) is 0 Å². The molecule has 0 aliphatic rings. The lowest BCUT2D eigenvalue weighted by Gasteiger charge is -2.15. The molecule has 0 aliphatic carbocycles. The minimum atomic E-state index is -4.54. The van der Waals surface area contributed by atoms with Gasteiger partial charge in [-0.25, -0.2) is 8.42 Å². The zero-order valence-electron chi connectivity index (χ0n) is 13.9. The Labute approximate surface area is 147 Å². The Kier molecular flexibility index (Phi) is 4.39. The van der Waals surface area contributed by atoms with Crippen molar-refractivity contribution in [3.05, 3.63) is 47.9 Å². The fourth-order valence-electron chi connectivity index (χ4n) is 2.55. The summed E-state index contributed by atoms with van der Waals surface area (Å²) < 4.78 is 67.8. The van der Waals surface area contributed by atoms with Gasteiger partial charge in [-0.15, -0.1) is 10.2 Å². The number of sulfonamides is 1. The molecule has 10 heteroatoms. The maximum absolute atomic E-state index is 13.4. The third-order valence-electron chi connectivity index (χ3n) is 3.86. The highest BCUT2D eigenvalue weighted by molar-refractivity contribution is 7.92. The molecule has 0 aliphatic heterocycles. The predicted octanol–water partition coefficient (Wildman–Crippen LogP) is 3.49. The second-order valence-electron chi connectivity index (χ2n) is 5.63. The van der Waals surface area contributed by atoms with E-state index in [0.29, 0.717) is 5.82 Å². The zero-order valence-corrected chi connectivity index (χ0v) is 14.7. The minimum absolute atomic E-state index is 0.0630. The molecular formula is C16H15F3N4O2S. The first kappa shape index (κ1) is 18.2. The molecular weight excluding hydrogens is 369 g/mol. The molecule has 0 radical (unpaired) electrons. The van der Waals surface area contributed by atoms with E-state index in [2.05, 4.69) is 14.9 Å². The van der Waals surface area contributed by atoms with Gasteiger partial charge in [0.15, 0.2) is 5.65 Å². The molecule has 0 fully saturated rings. The van der Waals surface area contributed by atoms with Crippen LogP contribution in [-0.2, 0) is 16.2 Å². The number of aryl methyl sites for hydroxylation is 1. The van der Waals surface area contributed by atoms with Gasteiger partial charge in [-0.3, -0.25) is 9.12 Å². The van der Waals surface area contributed by atoms with Crippen LogP contribution in [0.2, 0.25) is 0 Å². The average Bonchev–Trinajstić information content (AvgIpc) is 2.95. The summed E-state index contributed by atoms with van der Waals surface area (Å²) in [6.07, 6.45) is -3.09. The van der Waals surface area contributed by atoms with Gasteiger partial charge in [0.2, 0.25) is 10.0 Å². The molecule has 3 aromatic rings. The Morgan fingerprint density at radius 2 is 1.88 bits per heavy atom. The summed E-state index contributed by atoms with van der Waals surface area (Å²) >= 11 is 0. The number of hydrogen-bond donors (Lipinski definition) is 1. The molecule has 1 N–H and O–H groups in total. The fraction of sp³-hybridized carbons (Fsp3) is 0.250. The van der Waals surface area contributed by atoms with Crippen molar-refractivity contribution in [2.45, 2.75) is 20.0 Å². The number of halogens is 3. The molecule has 2 aromatic heterocycles. The number of hydrogen-bond acceptors (Lipinski definition) is 4. The van der Waals surface area contributed by atoms with Gasteiger partial charge < -0.3 is 0 Å². The Morgan fingerprint density at radius 1 is 1.19 bits per heavy atom. The number of fused-ring (bicyclic) bond motifs is 1. The maximum atomic E-state index is 13.4. The van der Waals surface area contributed by atoms with Crippen LogP contribution in [0.15, 0.2) is 36.5 Å². The topological polar surface area (TPSA) is 76.4 Å². The molecule has 2 heterocycles. The van der Waals surface area contributed by atoms with Gasteiger partial charge in [-0.1, -0.05) is 18.2 Å². The summed E-state index contributed by atoms with van der Waals surface area (Å²) in [6, 6.07) is 6.44. The van der Waals surface area contributed by atoms with Gasteiger partial charge in [0.05, 0.1) is 17.0 Å². The van der Waals surface area contributed by atoms with E-state index in [1.165, 1.54) is 41.8 Å². The predicted molar refractivity (Wildman–Crippen MR) is 91.2 cm³/mol. The monoisotopic (exact) mass is 384 g/mol. The quantitative estimate of drug-likeness (QED) is 0.747. The van der Waals surface area contributed by atoms with Gasteiger partial charge >= 0.3 is 6.18 Å². The van der Waals surface area contributed by atoms with E-state index < -0.39 is 21.8 Å². The van der Waals surface area contributed by atoms with E-state index >= 15 is 0 Å². The Bertz CT molecular complexity index is 1070. The maximum Gasteiger partial charge on any atom is 0.417 e. The van der Waals surface area contributed by atoms with Crippen LogP contribution in [0, 0.1) is 6.92 Å². The fourth-order valence-corrected chi connectivity index (χ4v) is 3.18. The van der Waals surface area contributed by atoms with Crippen molar-refractivity contribution in [1.82, 2.24) is 14.6 Å². The van der Waals surface area contributed by atoms with Crippen molar-refractivity contribution in [3.63, 3.8) is 0 Å². The van der Waals surface area contributed by atoms with Crippen molar-refractivity contribution < 1.29 is 21.6 Å². The number of anilines is 1. The third-order valence-corrected chi connectivity index (χ3v) is 5.16. The molecule has 26 heavy (non-hydrogen) atoms. The molecule has 3 rings (SSSR count). The van der Waals surface area contributed by atoms with Gasteiger partial charge in [-0.2, -0.15) is 13.2 Å². The van der Waals surface area contributed by atoms with Crippen LogP contribution in [0.25, 0.3) is 16.8 Å². The first-order chi connectivity index (χ1) is 12.1. The number of alkyl halides is 3. The van der Waals surface area contributed by atoms with E-state index in [4.69, 9.17) is 0 Å². The SMILES string of the molecule is CCS(=O)(=O)Nc1cc(-c2ccccc2C(F)(F)F)cn2c(C)nnc12. The Balaban J connectivity index is 2.28. The van der Waals surface area contributed by atoms with Gasteiger partial charge in [0, 0.05) is 11.8 Å². The van der Waals surface area contributed by atoms with E-state index in [0.717, 1.165) is 6.07 Å². The molecule has 0 unspecified atom stereocenters. The van der Waals surface area contributed by atoms with E-state index in [9.17, 15) is 21.6 Å². The van der Waals surface area contributed by atoms with Crippen LogP contribution in [0.4, 0.5) is 18.9 Å². The molecule has 138 valence electrons. The van der Waals surface area contributed by atoms with E-state index in [-0.39, 0.29) is 28.2 Å². The van der Waals surface area contributed by atoms with Crippen molar-refractivity contribution in [2.24, 2.45) is 0 Å². The molecule has 0 saturated carbocycles. The molecule has 0 bridgehead atoms. The van der Waals surface area contributed by atoms with Crippen molar-refractivity contribution in [1.29, 1.82) is 0 Å². The average molecular weight is 384 g/mol. The van der Waals surface area contributed by atoms with Gasteiger partial charge in [0.1, 0.15) is 5.82 Å². The second kappa shape index (κ2) is 6.27. The van der Waals surface area contributed by atoms with Crippen LogP contribution < -0.4 is 4.72 Å². The van der Waals surface area contributed by atoms with Crippen LogP contribution in [-0.4, -0.2) is 28.8 Å². The van der Waals surface area contributed by atoms with Crippen molar-refractivity contribution in [3.8, 4) is 11.1 Å². The lowest BCUT2D eigenvalue weighted by molar-refractivity contribution is -0.137. The van der Waals surface area contributed by atoms with Crippen LogP contribution in [0.3, 0.4) is 0 Å². The third kappa shape index (κ3) is 3.36. The standard InChI is InChI=1S/C16H15F3N4O2S/c1-3-26(24,25)22-14-8-11(9-23-10(2)20-21-15(14)23)12-6-4-5-7-13(12)16(17,18)19/h4-9,22H,3H2,1-2H3. The number of aromatic nitrogens is 3. The molecule has 0 spiro atoms. The second-order valence-corrected chi connectivity index (χ2v) is 7.64. The van der Waals surface area contributed by atoms with E-state index in [1.54, 1.807) is 6.92 Å². The summed E-state index contributed by atoms with van der Waals surface area (Å²) in [5, 5.41) is 7.78. The smallest absolute Gasteiger partial charge is 0.284 e. The number of rotatable bonds is 4.